The quantitative estimate of drug-likeness (QED) is 0.818. The van der Waals surface area contributed by atoms with Crippen molar-refractivity contribution in [2.45, 2.75) is 31.3 Å². The van der Waals surface area contributed by atoms with E-state index in [1.807, 2.05) is 0 Å². The first-order valence-corrected chi connectivity index (χ1v) is 6.86. The number of carboxylic acid groups (broad SMARTS) is 1. The lowest BCUT2D eigenvalue weighted by Gasteiger charge is -2.25. The van der Waals surface area contributed by atoms with E-state index in [0.29, 0.717) is 25.2 Å². The fourth-order valence-corrected chi connectivity index (χ4v) is 3.26. The molecule has 2 aliphatic rings. The zero-order chi connectivity index (χ0) is 14.3. The van der Waals surface area contributed by atoms with Crippen molar-refractivity contribution in [2.24, 2.45) is 0 Å². The van der Waals surface area contributed by atoms with Gasteiger partial charge in [0.15, 0.2) is 11.4 Å². The Balaban J connectivity index is 1.81. The Labute approximate surface area is 116 Å². The van der Waals surface area contributed by atoms with Crippen molar-refractivity contribution in [3.8, 4) is 0 Å². The summed E-state index contributed by atoms with van der Waals surface area (Å²) in [6.07, 6.45) is 4.47. The lowest BCUT2D eigenvalue weighted by molar-refractivity contribution is 0.0664. The second-order valence-corrected chi connectivity index (χ2v) is 5.52. The summed E-state index contributed by atoms with van der Waals surface area (Å²) in [5.74, 6) is -1.44. The van der Waals surface area contributed by atoms with Crippen molar-refractivity contribution in [2.75, 3.05) is 20.1 Å². The molecule has 3 heterocycles. The van der Waals surface area contributed by atoms with E-state index in [-0.39, 0.29) is 17.3 Å². The van der Waals surface area contributed by atoms with E-state index in [2.05, 4.69) is 21.9 Å². The molecule has 2 N–H and O–H groups in total. The van der Waals surface area contributed by atoms with Crippen LogP contribution < -0.4 is 0 Å². The van der Waals surface area contributed by atoms with Gasteiger partial charge in [-0.25, -0.2) is 9.78 Å². The van der Waals surface area contributed by atoms with Gasteiger partial charge in [0.1, 0.15) is 0 Å². The van der Waals surface area contributed by atoms with E-state index < -0.39 is 5.97 Å². The number of nitrogens with zero attached hydrogens (tertiary/aromatic N) is 3. The number of imidazole rings is 1. The number of likely N-dealkylation sites (N-methyl/N-ethyl adjacent to an activating group) is 1. The van der Waals surface area contributed by atoms with Crippen molar-refractivity contribution in [1.82, 2.24) is 19.8 Å². The van der Waals surface area contributed by atoms with E-state index in [4.69, 9.17) is 5.11 Å². The average Bonchev–Trinajstić information content (AvgIpc) is 2.95. The molecule has 7 nitrogen and oxygen atoms in total. The van der Waals surface area contributed by atoms with Crippen LogP contribution in [0.15, 0.2) is 6.33 Å². The van der Waals surface area contributed by atoms with Crippen LogP contribution in [0.3, 0.4) is 0 Å². The number of aromatic nitrogens is 2. The van der Waals surface area contributed by atoms with Crippen LogP contribution in [0.25, 0.3) is 0 Å². The zero-order valence-corrected chi connectivity index (χ0v) is 11.4. The number of nitrogens with one attached hydrogen (secondary N) is 1. The van der Waals surface area contributed by atoms with Crippen molar-refractivity contribution in [1.29, 1.82) is 0 Å². The Morgan fingerprint density at radius 1 is 1.35 bits per heavy atom. The highest BCUT2D eigenvalue weighted by Gasteiger charge is 2.37. The molecule has 0 saturated carbocycles. The highest BCUT2D eigenvalue weighted by molar-refractivity contribution is 6.02. The molecule has 2 aliphatic heterocycles. The maximum Gasteiger partial charge on any atom is 0.354 e. The Morgan fingerprint density at radius 2 is 2.10 bits per heavy atom. The number of carbonyl (C=O) groups is 2. The minimum Gasteiger partial charge on any atom is -0.477 e. The van der Waals surface area contributed by atoms with Crippen LogP contribution in [0, 0.1) is 0 Å². The summed E-state index contributed by atoms with van der Waals surface area (Å²) in [7, 11) is 2.10. The molecule has 0 spiro atoms. The number of hydrogen-bond acceptors (Lipinski definition) is 4. The lowest BCUT2D eigenvalue weighted by atomic mass is 10.1. The molecular weight excluding hydrogens is 260 g/mol. The third kappa shape index (κ3) is 2.07. The van der Waals surface area contributed by atoms with Gasteiger partial charge in [-0.2, -0.15) is 0 Å². The molecule has 2 bridgehead atoms. The number of rotatable bonds is 2. The van der Waals surface area contributed by atoms with Gasteiger partial charge in [0.05, 0.1) is 6.33 Å². The maximum absolute atomic E-state index is 12.5. The molecular formula is C13H18N4O3. The first kappa shape index (κ1) is 13.1. The Kier molecular flexibility index (Phi) is 3.21. The van der Waals surface area contributed by atoms with E-state index in [1.54, 1.807) is 4.90 Å². The van der Waals surface area contributed by atoms with Crippen molar-refractivity contribution < 1.29 is 14.7 Å². The van der Waals surface area contributed by atoms with Crippen LogP contribution in [0.4, 0.5) is 0 Å². The van der Waals surface area contributed by atoms with Crippen LogP contribution in [-0.4, -0.2) is 69.0 Å². The van der Waals surface area contributed by atoms with Crippen molar-refractivity contribution in [3.63, 3.8) is 0 Å². The fraction of sp³-hybridized carbons (Fsp3) is 0.615. The van der Waals surface area contributed by atoms with Gasteiger partial charge in [-0.05, 0) is 26.3 Å². The molecule has 2 saturated heterocycles. The Morgan fingerprint density at radius 3 is 2.85 bits per heavy atom. The largest absolute Gasteiger partial charge is 0.477 e. The Bertz CT molecular complexity index is 541. The van der Waals surface area contributed by atoms with E-state index in [0.717, 1.165) is 12.8 Å². The number of likely N-dealkylation sites (tertiary alicyclic amines) is 1. The summed E-state index contributed by atoms with van der Waals surface area (Å²) < 4.78 is 0. The van der Waals surface area contributed by atoms with Crippen LogP contribution in [-0.2, 0) is 0 Å². The molecule has 0 aliphatic carbocycles. The molecule has 20 heavy (non-hydrogen) atoms. The third-order valence-corrected chi connectivity index (χ3v) is 4.49. The predicted octanol–water partition coefficient (Wildman–Crippen LogP) is 0.417. The number of aromatic amines is 1. The average molecular weight is 278 g/mol. The van der Waals surface area contributed by atoms with Gasteiger partial charge >= 0.3 is 5.97 Å². The molecule has 2 unspecified atom stereocenters. The normalized spacial score (nSPS) is 26.6. The number of carboxylic acids is 1. The number of H-pyrrole nitrogens is 1. The van der Waals surface area contributed by atoms with Crippen LogP contribution in [0.1, 0.15) is 40.2 Å². The maximum atomic E-state index is 12.5. The molecule has 1 amide bonds. The van der Waals surface area contributed by atoms with Gasteiger partial charge in [-0.3, -0.25) is 9.69 Å². The van der Waals surface area contributed by atoms with Crippen molar-refractivity contribution in [3.05, 3.63) is 17.7 Å². The van der Waals surface area contributed by atoms with Gasteiger partial charge in [0, 0.05) is 25.2 Å². The topological polar surface area (TPSA) is 89.5 Å². The summed E-state index contributed by atoms with van der Waals surface area (Å²) in [6, 6.07) is 0.912. The van der Waals surface area contributed by atoms with Gasteiger partial charge in [0.2, 0.25) is 0 Å². The smallest absolute Gasteiger partial charge is 0.354 e. The molecule has 0 radical (unpaired) electrons. The third-order valence-electron chi connectivity index (χ3n) is 4.49. The van der Waals surface area contributed by atoms with Gasteiger partial charge in [0.25, 0.3) is 5.91 Å². The lowest BCUT2D eigenvalue weighted by Crippen LogP contribution is -2.40. The number of amides is 1. The molecule has 1 aromatic heterocycles. The van der Waals surface area contributed by atoms with Crippen LogP contribution in [0.5, 0.6) is 0 Å². The zero-order valence-electron chi connectivity index (χ0n) is 11.4. The minimum atomic E-state index is -1.15. The molecule has 2 atom stereocenters. The molecule has 7 heteroatoms. The van der Waals surface area contributed by atoms with E-state index >= 15 is 0 Å². The summed E-state index contributed by atoms with van der Waals surface area (Å²) in [4.78, 5) is 34.0. The highest BCUT2D eigenvalue weighted by Crippen LogP contribution is 2.29. The van der Waals surface area contributed by atoms with Gasteiger partial charge in [-0.1, -0.05) is 0 Å². The summed E-state index contributed by atoms with van der Waals surface area (Å²) in [6.45, 7) is 1.31. The first-order chi connectivity index (χ1) is 9.58. The first-order valence-electron chi connectivity index (χ1n) is 6.86. The van der Waals surface area contributed by atoms with Gasteiger partial charge < -0.3 is 15.0 Å². The van der Waals surface area contributed by atoms with E-state index in [9.17, 15) is 9.59 Å². The second kappa shape index (κ2) is 4.90. The monoisotopic (exact) mass is 278 g/mol. The molecule has 1 aromatic rings. The molecule has 108 valence electrons. The standard InChI is InChI=1S/C13H18N4O3/c1-16-8-2-3-9(16)6-17(5-4-8)12(18)10-11(13(19)20)15-7-14-10/h7-9H,2-6H2,1H3,(H,14,15)(H,19,20). The number of fused-ring (bicyclic) bond motifs is 2. The summed E-state index contributed by atoms with van der Waals surface area (Å²) in [5, 5.41) is 9.05. The van der Waals surface area contributed by atoms with Crippen LogP contribution >= 0.6 is 0 Å². The Hall–Kier alpha value is -1.89. The second-order valence-electron chi connectivity index (χ2n) is 5.52. The number of aromatic carboxylic acids is 1. The van der Waals surface area contributed by atoms with Gasteiger partial charge in [-0.15, -0.1) is 0 Å². The molecule has 3 rings (SSSR count). The number of hydrogen-bond donors (Lipinski definition) is 2. The fourth-order valence-electron chi connectivity index (χ4n) is 3.26. The number of carbonyl (C=O) groups excluding carboxylic acids is 1. The van der Waals surface area contributed by atoms with Crippen molar-refractivity contribution >= 4 is 11.9 Å². The van der Waals surface area contributed by atoms with Crippen LogP contribution in [0.2, 0.25) is 0 Å². The SMILES string of the molecule is CN1C2CCC1CN(C(=O)c1nc[nH]c1C(=O)O)CC2. The molecule has 2 fully saturated rings. The minimum absolute atomic E-state index is 0.0120. The van der Waals surface area contributed by atoms with E-state index in [1.165, 1.54) is 12.7 Å². The summed E-state index contributed by atoms with van der Waals surface area (Å²) in [5.41, 5.74) is -0.115. The highest BCUT2D eigenvalue weighted by atomic mass is 16.4. The predicted molar refractivity (Wildman–Crippen MR) is 70.6 cm³/mol. The summed E-state index contributed by atoms with van der Waals surface area (Å²) >= 11 is 0. The molecule has 0 aromatic carbocycles.